The zero-order valence-electron chi connectivity index (χ0n) is 9.20. The van der Waals surface area contributed by atoms with Crippen molar-refractivity contribution in [3.05, 3.63) is 34.9 Å². The number of nitrogens with one attached hydrogen (secondary N) is 1. The van der Waals surface area contributed by atoms with Crippen LogP contribution in [0.4, 0.5) is 0 Å². The van der Waals surface area contributed by atoms with Gasteiger partial charge in [0.15, 0.2) is 0 Å². The van der Waals surface area contributed by atoms with E-state index < -0.39 is 0 Å². The van der Waals surface area contributed by atoms with Crippen molar-refractivity contribution in [1.82, 2.24) is 5.32 Å². The number of hydrogen-bond acceptors (Lipinski definition) is 2. The summed E-state index contributed by atoms with van der Waals surface area (Å²) in [5.74, 6) is 0.824. The molecule has 0 saturated heterocycles. The maximum Gasteiger partial charge on any atom is 0.250 e. The third-order valence-electron chi connectivity index (χ3n) is 2.53. The van der Waals surface area contributed by atoms with Gasteiger partial charge in [0.05, 0.1) is 0 Å². The standard InChI is InChI=1S/C12H13ClN2O/c1-7(2)10-12(16)15-11(14-10)8-3-5-9(13)6-4-8/h3-7,10H,1-2H3,(H,14,15,16). The molecule has 2 rings (SSSR count). The largest absolute Gasteiger partial charge is 0.309 e. The van der Waals surface area contributed by atoms with Gasteiger partial charge in [0.2, 0.25) is 0 Å². The number of aliphatic imine (C=N–C) groups is 1. The minimum absolute atomic E-state index is 0.0278. The summed E-state index contributed by atoms with van der Waals surface area (Å²) in [4.78, 5) is 16.0. The van der Waals surface area contributed by atoms with Crippen LogP contribution >= 0.6 is 11.6 Å². The monoisotopic (exact) mass is 236 g/mol. The van der Waals surface area contributed by atoms with Crippen molar-refractivity contribution < 1.29 is 4.79 Å². The van der Waals surface area contributed by atoms with Crippen LogP contribution < -0.4 is 5.32 Å². The molecule has 0 bridgehead atoms. The predicted molar refractivity (Wildman–Crippen MR) is 64.8 cm³/mol. The molecule has 1 atom stereocenters. The number of carbonyl (C=O) groups is 1. The molecule has 0 saturated carbocycles. The topological polar surface area (TPSA) is 41.5 Å². The van der Waals surface area contributed by atoms with E-state index in [9.17, 15) is 4.79 Å². The van der Waals surface area contributed by atoms with Gasteiger partial charge in [-0.15, -0.1) is 0 Å². The fourth-order valence-electron chi connectivity index (χ4n) is 1.63. The van der Waals surface area contributed by atoms with Crippen molar-refractivity contribution in [2.24, 2.45) is 10.9 Å². The van der Waals surface area contributed by atoms with Gasteiger partial charge in [0.1, 0.15) is 11.9 Å². The highest BCUT2D eigenvalue weighted by atomic mass is 35.5. The van der Waals surface area contributed by atoms with E-state index in [0.29, 0.717) is 10.9 Å². The first kappa shape index (κ1) is 11.1. The lowest BCUT2D eigenvalue weighted by atomic mass is 10.1. The van der Waals surface area contributed by atoms with E-state index in [1.807, 2.05) is 26.0 Å². The van der Waals surface area contributed by atoms with E-state index in [-0.39, 0.29) is 17.9 Å². The number of benzene rings is 1. The first-order chi connectivity index (χ1) is 7.58. The van der Waals surface area contributed by atoms with Crippen molar-refractivity contribution in [2.75, 3.05) is 0 Å². The summed E-state index contributed by atoms with van der Waals surface area (Å²) in [6.07, 6.45) is 0. The normalized spacial score (nSPS) is 19.9. The number of carbonyl (C=O) groups excluding carboxylic acids is 1. The molecule has 0 fully saturated rings. The van der Waals surface area contributed by atoms with Gasteiger partial charge >= 0.3 is 0 Å². The molecular weight excluding hydrogens is 224 g/mol. The SMILES string of the molecule is CC(C)C1N=C(c2ccc(Cl)cc2)NC1=O. The van der Waals surface area contributed by atoms with Gasteiger partial charge in [0, 0.05) is 10.6 Å². The zero-order chi connectivity index (χ0) is 11.7. The van der Waals surface area contributed by atoms with Gasteiger partial charge in [-0.25, -0.2) is 0 Å². The van der Waals surface area contributed by atoms with Crippen molar-refractivity contribution >= 4 is 23.3 Å². The highest BCUT2D eigenvalue weighted by Gasteiger charge is 2.29. The van der Waals surface area contributed by atoms with Crippen LogP contribution in [0.3, 0.4) is 0 Å². The van der Waals surface area contributed by atoms with E-state index in [0.717, 1.165) is 5.56 Å². The summed E-state index contributed by atoms with van der Waals surface area (Å²) < 4.78 is 0. The third kappa shape index (κ3) is 2.09. The van der Waals surface area contributed by atoms with Gasteiger partial charge in [-0.05, 0) is 30.2 Å². The van der Waals surface area contributed by atoms with Crippen molar-refractivity contribution in [1.29, 1.82) is 0 Å². The maximum absolute atomic E-state index is 11.6. The number of amidine groups is 1. The van der Waals surface area contributed by atoms with Crippen LogP contribution in [0, 0.1) is 5.92 Å². The highest BCUT2D eigenvalue weighted by Crippen LogP contribution is 2.16. The summed E-state index contributed by atoms with van der Waals surface area (Å²) in [6, 6.07) is 7.00. The molecule has 84 valence electrons. The van der Waals surface area contributed by atoms with Crippen LogP contribution in [0.5, 0.6) is 0 Å². The van der Waals surface area contributed by atoms with E-state index >= 15 is 0 Å². The lowest BCUT2D eigenvalue weighted by Gasteiger charge is -2.06. The Labute approximate surface area is 99.5 Å². The minimum Gasteiger partial charge on any atom is -0.309 e. The van der Waals surface area contributed by atoms with Crippen LogP contribution in [-0.4, -0.2) is 17.8 Å². The van der Waals surface area contributed by atoms with Gasteiger partial charge < -0.3 is 5.32 Å². The Morgan fingerprint density at radius 3 is 2.44 bits per heavy atom. The summed E-state index contributed by atoms with van der Waals surface area (Å²) in [6.45, 7) is 3.97. The van der Waals surface area contributed by atoms with E-state index in [1.54, 1.807) is 12.1 Å². The Kier molecular flexibility index (Phi) is 2.97. The number of amides is 1. The fourth-order valence-corrected chi connectivity index (χ4v) is 1.75. The highest BCUT2D eigenvalue weighted by molar-refractivity contribution is 6.30. The van der Waals surface area contributed by atoms with Crippen LogP contribution in [-0.2, 0) is 4.79 Å². The van der Waals surface area contributed by atoms with Crippen molar-refractivity contribution in [3.63, 3.8) is 0 Å². The Hall–Kier alpha value is -1.35. The Morgan fingerprint density at radius 1 is 1.31 bits per heavy atom. The van der Waals surface area contributed by atoms with Gasteiger partial charge in [-0.3, -0.25) is 9.79 Å². The molecule has 1 amide bonds. The molecule has 3 nitrogen and oxygen atoms in total. The molecule has 1 N–H and O–H groups in total. The lowest BCUT2D eigenvalue weighted by Crippen LogP contribution is -2.31. The Balaban J connectivity index is 2.27. The molecule has 0 spiro atoms. The summed E-state index contributed by atoms with van der Waals surface area (Å²) in [5, 5.41) is 3.46. The summed E-state index contributed by atoms with van der Waals surface area (Å²) >= 11 is 5.80. The maximum atomic E-state index is 11.6. The predicted octanol–water partition coefficient (Wildman–Crippen LogP) is 2.24. The van der Waals surface area contributed by atoms with E-state index in [2.05, 4.69) is 10.3 Å². The molecule has 0 radical (unpaired) electrons. The van der Waals surface area contributed by atoms with Crippen LogP contribution in [0.1, 0.15) is 19.4 Å². The minimum atomic E-state index is -0.273. The molecule has 4 heteroatoms. The van der Waals surface area contributed by atoms with Gasteiger partial charge in [0.25, 0.3) is 5.91 Å². The van der Waals surface area contributed by atoms with Crippen LogP contribution in [0.15, 0.2) is 29.3 Å². The second-order valence-electron chi connectivity index (χ2n) is 4.16. The lowest BCUT2D eigenvalue weighted by molar-refractivity contribution is -0.120. The van der Waals surface area contributed by atoms with Crippen LogP contribution in [0.25, 0.3) is 0 Å². The smallest absolute Gasteiger partial charge is 0.250 e. The fraction of sp³-hybridized carbons (Fsp3) is 0.333. The summed E-state index contributed by atoms with van der Waals surface area (Å²) in [5.41, 5.74) is 0.890. The van der Waals surface area contributed by atoms with Crippen LogP contribution in [0.2, 0.25) is 5.02 Å². The summed E-state index contributed by atoms with van der Waals surface area (Å²) in [7, 11) is 0. The van der Waals surface area contributed by atoms with E-state index in [4.69, 9.17) is 11.6 Å². The number of rotatable bonds is 2. The molecule has 0 aliphatic carbocycles. The third-order valence-corrected chi connectivity index (χ3v) is 2.78. The molecule has 1 aliphatic rings. The molecule has 1 aliphatic heterocycles. The molecule has 0 aromatic heterocycles. The molecule has 1 heterocycles. The average Bonchev–Trinajstić information content (AvgIpc) is 2.61. The second kappa shape index (κ2) is 4.26. The first-order valence-corrected chi connectivity index (χ1v) is 5.60. The number of halogens is 1. The molecular formula is C12H13ClN2O. The Bertz CT molecular complexity index is 437. The first-order valence-electron chi connectivity index (χ1n) is 5.22. The van der Waals surface area contributed by atoms with E-state index in [1.165, 1.54) is 0 Å². The molecule has 1 aromatic carbocycles. The second-order valence-corrected chi connectivity index (χ2v) is 4.60. The molecule has 1 unspecified atom stereocenters. The average molecular weight is 237 g/mol. The van der Waals surface area contributed by atoms with Gasteiger partial charge in [-0.1, -0.05) is 25.4 Å². The molecule has 16 heavy (non-hydrogen) atoms. The number of hydrogen-bond donors (Lipinski definition) is 1. The van der Waals surface area contributed by atoms with Crippen molar-refractivity contribution in [3.8, 4) is 0 Å². The zero-order valence-corrected chi connectivity index (χ0v) is 9.95. The quantitative estimate of drug-likeness (QED) is 0.841. The van der Waals surface area contributed by atoms with Crippen molar-refractivity contribution in [2.45, 2.75) is 19.9 Å². The Morgan fingerprint density at radius 2 is 1.94 bits per heavy atom. The van der Waals surface area contributed by atoms with Gasteiger partial charge in [-0.2, -0.15) is 0 Å². The molecule has 1 aromatic rings. The number of nitrogens with zero attached hydrogens (tertiary/aromatic N) is 1.